The highest BCUT2D eigenvalue weighted by molar-refractivity contribution is 7.89. The highest BCUT2D eigenvalue weighted by Crippen LogP contribution is 2.31. The third kappa shape index (κ3) is 4.27. The summed E-state index contributed by atoms with van der Waals surface area (Å²) in [7, 11) is -2.66. The Morgan fingerprint density at radius 2 is 2.04 bits per heavy atom. The first-order valence-electron chi connectivity index (χ1n) is 8.26. The van der Waals surface area contributed by atoms with E-state index >= 15 is 0 Å². The molecule has 0 bridgehead atoms. The van der Waals surface area contributed by atoms with Crippen LogP contribution in [-0.4, -0.2) is 44.7 Å². The first-order valence-corrected chi connectivity index (χ1v) is 10.1. The Labute approximate surface area is 167 Å². The van der Waals surface area contributed by atoms with Gasteiger partial charge in [-0.05, 0) is 42.8 Å². The summed E-state index contributed by atoms with van der Waals surface area (Å²) in [6, 6.07) is 9.15. The highest BCUT2D eigenvalue weighted by Gasteiger charge is 2.26. The monoisotopic (exact) mass is 423 g/mol. The van der Waals surface area contributed by atoms with Gasteiger partial charge in [-0.1, -0.05) is 17.7 Å². The van der Waals surface area contributed by atoms with Crippen LogP contribution in [0.5, 0.6) is 5.75 Å². The third-order valence-corrected chi connectivity index (χ3v) is 6.32. The molecule has 2 amide bonds. The zero-order valence-corrected chi connectivity index (χ0v) is 16.7. The summed E-state index contributed by atoms with van der Waals surface area (Å²) in [5.41, 5.74) is 1.60. The van der Waals surface area contributed by atoms with Gasteiger partial charge in [-0.15, -0.1) is 0 Å². The molecule has 10 heteroatoms. The van der Waals surface area contributed by atoms with Crippen molar-refractivity contribution >= 4 is 44.8 Å². The van der Waals surface area contributed by atoms with Crippen LogP contribution >= 0.6 is 11.6 Å². The summed E-state index contributed by atoms with van der Waals surface area (Å²) >= 11 is 6.03. The van der Waals surface area contributed by atoms with Gasteiger partial charge in [-0.2, -0.15) is 4.31 Å². The summed E-state index contributed by atoms with van der Waals surface area (Å²) < 4.78 is 31.7. The van der Waals surface area contributed by atoms with Gasteiger partial charge < -0.3 is 15.4 Å². The number of carbonyl (C=O) groups is 2. The lowest BCUT2D eigenvalue weighted by Crippen LogP contribution is -2.35. The first kappa shape index (κ1) is 20.1. The number of ether oxygens (including phenoxy) is 1. The summed E-state index contributed by atoms with van der Waals surface area (Å²) in [5.74, 6) is -0.498. The number of fused-ring (bicyclic) bond motifs is 1. The molecule has 1 aliphatic rings. The summed E-state index contributed by atoms with van der Waals surface area (Å²) in [4.78, 5) is 23.6. The molecule has 2 N–H and O–H groups in total. The van der Waals surface area contributed by atoms with Crippen molar-refractivity contribution in [1.29, 1.82) is 0 Å². The normalized spacial score (nSPS) is 13.5. The maximum atomic E-state index is 12.8. The van der Waals surface area contributed by atoms with Crippen molar-refractivity contribution in [2.24, 2.45) is 0 Å². The van der Waals surface area contributed by atoms with Gasteiger partial charge in [-0.3, -0.25) is 9.59 Å². The van der Waals surface area contributed by atoms with Gasteiger partial charge in [-0.25, -0.2) is 8.42 Å². The van der Waals surface area contributed by atoms with Crippen molar-refractivity contribution in [2.75, 3.05) is 30.8 Å². The van der Waals surface area contributed by atoms with Crippen molar-refractivity contribution in [2.45, 2.75) is 11.8 Å². The number of aryl methyl sites for hydroxylation is 1. The van der Waals surface area contributed by atoms with Crippen LogP contribution in [0.2, 0.25) is 5.02 Å². The predicted octanol–water partition coefficient (Wildman–Crippen LogP) is 2.24. The fraction of sp³-hybridized carbons (Fsp3) is 0.222. The quantitative estimate of drug-likeness (QED) is 0.767. The number of likely N-dealkylation sites (N-methyl/N-ethyl adjacent to an activating group) is 1. The second kappa shape index (κ2) is 7.78. The lowest BCUT2D eigenvalue weighted by molar-refractivity contribution is -0.118. The van der Waals surface area contributed by atoms with Crippen LogP contribution in [0.3, 0.4) is 0 Å². The summed E-state index contributed by atoms with van der Waals surface area (Å²) in [5, 5.41) is 5.67. The molecule has 0 saturated heterocycles. The van der Waals surface area contributed by atoms with E-state index in [1.165, 1.54) is 25.2 Å². The maximum absolute atomic E-state index is 12.8. The van der Waals surface area contributed by atoms with Crippen LogP contribution in [0.1, 0.15) is 5.56 Å². The molecule has 0 radical (unpaired) electrons. The third-order valence-electron chi connectivity index (χ3n) is 4.11. The van der Waals surface area contributed by atoms with E-state index in [0.29, 0.717) is 16.5 Å². The van der Waals surface area contributed by atoms with E-state index in [-0.39, 0.29) is 23.1 Å². The molecule has 0 aromatic heterocycles. The fourth-order valence-corrected chi connectivity index (χ4v) is 3.90. The van der Waals surface area contributed by atoms with Crippen LogP contribution in [-0.2, 0) is 19.6 Å². The van der Waals surface area contributed by atoms with Crippen LogP contribution in [0, 0.1) is 6.92 Å². The Kier molecular flexibility index (Phi) is 5.59. The van der Waals surface area contributed by atoms with Crippen molar-refractivity contribution in [3.63, 3.8) is 0 Å². The molecular formula is C18H18ClN3O5S. The molecule has 1 aliphatic heterocycles. The molecule has 28 heavy (non-hydrogen) atoms. The predicted molar refractivity (Wildman–Crippen MR) is 105 cm³/mol. The molecule has 2 aromatic carbocycles. The lowest BCUT2D eigenvalue weighted by Gasteiger charge is -2.21. The SMILES string of the molecule is Cc1ccc(NC(=O)CN(C)S(=O)(=O)c2ccc3c(c2)NC(=O)CO3)cc1Cl. The van der Waals surface area contributed by atoms with E-state index in [1.54, 1.807) is 18.2 Å². The van der Waals surface area contributed by atoms with Crippen LogP contribution < -0.4 is 15.4 Å². The van der Waals surface area contributed by atoms with Crippen molar-refractivity contribution in [3.8, 4) is 5.75 Å². The smallest absolute Gasteiger partial charge is 0.262 e. The van der Waals surface area contributed by atoms with Crippen LogP contribution in [0.25, 0.3) is 0 Å². The molecule has 0 unspecified atom stereocenters. The second-order valence-electron chi connectivity index (χ2n) is 6.27. The molecule has 1 heterocycles. The zero-order chi connectivity index (χ0) is 20.5. The average Bonchev–Trinajstić information content (AvgIpc) is 2.64. The van der Waals surface area contributed by atoms with Crippen LogP contribution in [0.15, 0.2) is 41.3 Å². The van der Waals surface area contributed by atoms with Gasteiger partial charge in [0.2, 0.25) is 15.9 Å². The van der Waals surface area contributed by atoms with Gasteiger partial charge in [0.25, 0.3) is 5.91 Å². The van der Waals surface area contributed by atoms with E-state index in [0.717, 1.165) is 9.87 Å². The Morgan fingerprint density at radius 3 is 2.75 bits per heavy atom. The molecule has 3 rings (SSSR count). The molecular weight excluding hydrogens is 406 g/mol. The van der Waals surface area contributed by atoms with E-state index in [4.69, 9.17) is 16.3 Å². The number of benzene rings is 2. The number of carbonyl (C=O) groups excluding carboxylic acids is 2. The fourth-order valence-electron chi connectivity index (χ4n) is 2.56. The summed E-state index contributed by atoms with van der Waals surface area (Å²) in [6.45, 7) is 1.32. The van der Waals surface area contributed by atoms with E-state index < -0.39 is 22.5 Å². The minimum Gasteiger partial charge on any atom is -0.482 e. The number of anilines is 2. The standard InChI is InChI=1S/C18H18ClN3O5S/c1-11-3-4-12(7-14(11)19)20-17(23)9-22(2)28(25,26)13-5-6-16-15(8-13)21-18(24)10-27-16/h3-8H,9-10H2,1-2H3,(H,20,23)(H,21,24). The van der Waals surface area contributed by atoms with E-state index in [1.807, 2.05) is 6.92 Å². The molecule has 0 fully saturated rings. The highest BCUT2D eigenvalue weighted by atomic mass is 35.5. The maximum Gasteiger partial charge on any atom is 0.262 e. The number of hydrogen-bond donors (Lipinski definition) is 2. The summed E-state index contributed by atoms with van der Waals surface area (Å²) in [6.07, 6.45) is 0. The van der Waals surface area contributed by atoms with Crippen LogP contribution in [0.4, 0.5) is 11.4 Å². The van der Waals surface area contributed by atoms with Gasteiger partial charge in [0.15, 0.2) is 6.61 Å². The Hall–Kier alpha value is -2.62. The van der Waals surface area contributed by atoms with Gasteiger partial charge in [0, 0.05) is 17.8 Å². The van der Waals surface area contributed by atoms with Gasteiger partial charge >= 0.3 is 0 Å². The van der Waals surface area contributed by atoms with Crippen molar-refractivity contribution in [1.82, 2.24) is 4.31 Å². The first-order chi connectivity index (χ1) is 13.2. The Morgan fingerprint density at radius 1 is 1.29 bits per heavy atom. The molecule has 0 spiro atoms. The van der Waals surface area contributed by atoms with Gasteiger partial charge in [0.1, 0.15) is 5.75 Å². The molecule has 0 saturated carbocycles. The number of amides is 2. The zero-order valence-electron chi connectivity index (χ0n) is 15.2. The minimum atomic E-state index is -3.95. The van der Waals surface area contributed by atoms with Crippen molar-refractivity contribution < 1.29 is 22.7 Å². The van der Waals surface area contributed by atoms with Gasteiger partial charge in [0.05, 0.1) is 17.1 Å². The Bertz CT molecular complexity index is 1060. The minimum absolute atomic E-state index is 0.0641. The number of rotatable bonds is 5. The lowest BCUT2D eigenvalue weighted by atomic mass is 10.2. The number of nitrogens with zero attached hydrogens (tertiary/aromatic N) is 1. The molecule has 0 atom stereocenters. The number of halogens is 1. The van der Waals surface area contributed by atoms with E-state index in [2.05, 4.69) is 10.6 Å². The second-order valence-corrected chi connectivity index (χ2v) is 8.72. The number of nitrogens with one attached hydrogen (secondary N) is 2. The topological polar surface area (TPSA) is 105 Å². The molecule has 8 nitrogen and oxygen atoms in total. The number of sulfonamides is 1. The molecule has 0 aliphatic carbocycles. The average molecular weight is 424 g/mol. The number of hydrogen-bond acceptors (Lipinski definition) is 5. The molecule has 2 aromatic rings. The van der Waals surface area contributed by atoms with Crippen molar-refractivity contribution in [3.05, 3.63) is 47.0 Å². The Balaban J connectivity index is 1.73. The molecule has 148 valence electrons. The largest absolute Gasteiger partial charge is 0.482 e. The van der Waals surface area contributed by atoms with E-state index in [9.17, 15) is 18.0 Å².